The van der Waals surface area contributed by atoms with Crippen LogP contribution in [0.2, 0.25) is 0 Å². The number of amides is 1. The topological polar surface area (TPSA) is 61.4 Å². The van der Waals surface area contributed by atoms with E-state index in [-0.39, 0.29) is 18.1 Å². The van der Waals surface area contributed by atoms with Crippen molar-refractivity contribution in [2.24, 2.45) is 0 Å². The molecule has 4 heteroatoms. The van der Waals surface area contributed by atoms with E-state index in [0.717, 1.165) is 51.5 Å². The number of aliphatic hydroxyl groups is 1. The Balaban J connectivity index is 3.49. The van der Waals surface area contributed by atoms with Crippen molar-refractivity contribution in [2.45, 2.75) is 167 Å². The standard InChI is InChI=1S/C29H60N2O2/c1-4-6-8-10-12-13-18-22-26-31-29(33)25-21-17-14-15-19-23-27(30-3)28(32)24-20-16-11-9-7-5-2/h27-28,30,32H,4-26H2,1-3H3,(H,31,33). The maximum atomic E-state index is 12.0. The Morgan fingerprint density at radius 3 is 1.64 bits per heavy atom. The molecule has 0 bridgehead atoms. The summed E-state index contributed by atoms with van der Waals surface area (Å²) in [5.74, 6) is 0.228. The number of hydrogen-bond acceptors (Lipinski definition) is 3. The van der Waals surface area contributed by atoms with Gasteiger partial charge in [-0.3, -0.25) is 4.79 Å². The van der Waals surface area contributed by atoms with Crippen LogP contribution in [-0.2, 0) is 4.79 Å². The first-order chi connectivity index (χ1) is 16.2. The molecular weight excluding hydrogens is 408 g/mol. The normalized spacial score (nSPS) is 13.2. The van der Waals surface area contributed by atoms with E-state index in [2.05, 4.69) is 24.5 Å². The van der Waals surface area contributed by atoms with Crippen LogP contribution in [0.3, 0.4) is 0 Å². The van der Waals surface area contributed by atoms with E-state index in [1.165, 1.54) is 89.9 Å². The molecule has 0 aliphatic rings. The molecule has 0 aromatic rings. The lowest BCUT2D eigenvalue weighted by Gasteiger charge is -2.22. The van der Waals surface area contributed by atoms with Crippen molar-refractivity contribution in [1.29, 1.82) is 0 Å². The first kappa shape index (κ1) is 32.4. The van der Waals surface area contributed by atoms with Gasteiger partial charge in [-0.25, -0.2) is 0 Å². The van der Waals surface area contributed by atoms with Gasteiger partial charge in [-0.2, -0.15) is 0 Å². The van der Waals surface area contributed by atoms with Gasteiger partial charge < -0.3 is 15.7 Å². The second kappa shape index (κ2) is 26.0. The van der Waals surface area contributed by atoms with Crippen molar-refractivity contribution >= 4 is 5.91 Å². The Kier molecular flexibility index (Phi) is 25.5. The zero-order valence-electron chi connectivity index (χ0n) is 22.8. The molecule has 0 rings (SSSR count). The van der Waals surface area contributed by atoms with Crippen LogP contribution in [0.4, 0.5) is 0 Å². The second-order valence-electron chi connectivity index (χ2n) is 10.2. The molecule has 0 spiro atoms. The van der Waals surface area contributed by atoms with Crippen molar-refractivity contribution in [1.82, 2.24) is 10.6 Å². The molecule has 0 saturated carbocycles. The first-order valence-electron chi connectivity index (χ1n) is 14.8. The van der Waals surface area contributed by atoms with Crippen LogP contribution >= 0.6 is 0 Å². The van der Waals surface area contributed by atoms with Crippen molar-refractivity contribution < 1.29 is 9.90 Å². The molecule has 0 aliphatic heterocycles. The predicted molar refractivity (Wildman–Crippen MR) is 145 cm³/mol. The minimum absolute atomic E-state index is 0.217. The molecule has 3 N–H and O–H groups in total. The van der Waals surface area contributed by atoms with Crippen LogP contribution in [0.1, 0.15) is 155 Å². The van der Waals surface area contributed by atoms with Crippen molar-refractivity contribution in [3.8, 4) is 0 Å². The SMILES string of the molecule is CCCCCCCCCCNC(=O)CCCCCCCC(NC)C(O)CCCCCCCC. The van der Waals surface area contributed by atoms with Crippen LogP contribution < -0.4 is 10.6 Å². The highest BCUT2D eigenvalue weighted by Gasteiger charge is 2.16. The van der Waals surface area contributed by atoms with E-state index in [1.54, 1.807) is 0 Å². The van der Waals surface area contributed by atoms with Crippen LogP contribution in [-0.4, -0.2) is 36.8 Å². The fourth-order valence-electron chi connectivity index (χ4n) is 4.62. The summed E-state index contributed by atoms with van der Waals surface area (Å²) in [5, 5.41) is 16.9. The average molecular weight is 469 g/mol. The quantitative estimate of drug-likeness (QED) is 0.114. The van der Waals surface area contributed by atoms with Crippen LogP contribution in [0.25, 0.3) is 0 Å². The number of hydrogen-bond donors (Lipinski definition) is 3. The Bertz CT molecular complexity index is 403. The maximum absolute atomic E-state index is 12.0. The first-order valence-corrected chi connectivity index (χ1v) is 14.8. The summed E-state index contributed by atoms with van der Waals surface area (Å²) in [4.78, 5) is 12.0. The Morgan fingerprint density at radius 2 is 1.09 bits per heavy atom. The van der Waals surface area contributed by atoms with E-state index in [4.69, 9.17) is 0 Å². The Morgan fingerprint density at radius 1 is 0.636 bits per heavy atom. The minimum Gasteiger partial charge on any atom is -0.392 e. The molecule has 0 saturated heterocycles. The van der Waals surface area contributed by atoms with Gasteiger partial charge >= 0.3 is 0 Å². The molecule has 2 unspecified atom stereocenters. The second-order valence-corrected chi connectivity index (χ2v) is 10.2. The van der Waals surface area contributed by atoms with Crippen molar-refractivity contribution in [3.63, 3.8) is 0 Å². The highest BCUT2D eigenvalue weighted by atomic mass is 16.3. The van der Waals surface area contributed by atoms with E-state index in [1.807, 2.05) is 7.05 Å². The molecule has 4 nitrogen and oxygen atoms in total. The van der Waals surface area contributed by atoms with Gasteiger partial charge in [0.1, 0.15) is 0 Å². The third-order valence-corrected chi connectivity index (χ3v) is 6.96. The van der Waals surface area contributed by atoms with Gasteiger partial charge in [-0.15, -0.1) is 0 Å². The minimum atomic E-state index is -0.217. The molecule has 0 fully saturated rings. The molecule has 0 radical (unpaired) electrons. The van der Waals surface area contributed by atoms with Crippen LogP contribution in [0, 0.1) is 0 Å². The summed E-state index contributed by atoms with van der Waals surface area (Å²) in [7, 11) is 1.97. The van der Waals surface area contributed by atoms with E-state index in [0.29, 0.717) is 6.42 Å². The number of unbranched alkanes of at least 4 members (excludes halogenated alkanes) is 16. The van der Waals surface area contributed by atoms with E-state index < -0.39 is 0 Å². The third-order valence-electron chi connectivity index (χ3n) is 6.96. The average Bonchev–Trinajstić information content (AvgIpc) is 2.81. The largest absolute Gasteiger partial charge is 0.392 e. The van der Waals surface area contributed by atoms with Gasteiger partial charge in [0.2, 0.25) is 5.91 Å². The van der Waals surface area contributed by atoms with Crippen molar-refractivity contribution in [3.05, 3.63) is 0 Å². The van der Waals surface area contributed by atoms with Crippen LogP contribution in [0.5, 0.6) is 0 Å². The summed E-state index contributed by atoms with van der Waals surface area (Å²) in [6.07, 6.45) is 26.2. The molecule has 0 aliphatic carbocycles. The third kappa shape index (κ3) is 22.9. The predicted octanol–water partition coefficient (Wildman–Crippen LogP) is 7.67. The summed E-state index contributed by atoms with van der Waals surface area (Å²) >= 11 is 0. The van der Waals surface area contributed by atoms with E-state index in [9.17, 15) is 9.90 Å². The fourth-order valence-corrected chi connectivity index (χ4v) is 4.62. The summed E-state index contributed by atoms with van der Waals surface area (Å²) in [6, 6.07) is 0.225. The molecule has 0 aromatic heterocycles. The molecule has 2 atom stereocenters. The lowest BCUT2D eigenvalue weighted by molar-refractivity contribution is -0.121. The number of likely N-dealkylation sites (N-methyl/N-ethyl adjacent to an activating group) is 1. The fraction of sp³-hybridized carbons (Fsp3) is 0.966. The van der Waals surface area contributed by atoms with Gasteiger partial charge in [-0.1, -0.05) is 123 Å². The number of rotatable bonds is 26. The number of aliphatic hydroxyl groups excluding tert-OH is 1. The molecule has 33 heavy (non-hydrogen) atoms. The van der Waals surface area contributed by atoms with Crippen LogP contribution in [0.15, 0.2) is 0 Å². The van der Waals surface area contributed by atoms with Gasteiger partial charge in [0.05, 0.1) is 6.10 Å². The van der Waals surface area contributed by atoms with Gasteiger partial charge in [0.25, 0.3) is 0 Å². The monoisotopic (exact) mass is 468 g/mol. The summed E-state index contributed by atoms with van der Waals surface area (Å²) in [6.45, 7) is 5.35. The summed E-state index contributed by atoms with van der Waals surface area (Å²) < 4.78 is 0. The smallest absolute Gasteiger partial charge is 0.219 e. The number of nitrogens with one attached hydrogen (secondary N) is 2. The lowest BCUT2D eigenvalue weighted by Crippen LogP contribution is -2.37. The highest BCUT2D eigenvalue weighted by Crippen LogP contribution is 2.15. The zero-order chi connectivity index (χ0) is 24.4. The molecular formula is C29H60N2O2. The number of carbonyl (C=O) groups is 1. The maximum Gasteiger partial charge on any atom is 0.219 e. The number of carbonyl (C=O) groups excluding carboxylic acids is 1. The van der Waals surface area contributed by atoms with Gasteiger partial charge in [0.15, 0.2) is 0 Å². The molecule has 0 heterocycles. The Labute approximate surface area is 207 Å². The van der Waals surface area contributed by atoms with E-state index >= 15 is 0 Å². The van der Waals surface area contributed by atoms with Gasteiger partial charge in [-0.05, 0) is 32.7 Å². The Hall–Kier alpha value is -0.610. The molecule has 198 valence electrons. The molecule has 0 aromatic carbocycles. The van der Waals surface area contributed by atoms with Crippen molar-refractivity contribution in [2.75, 3.05) is 13.6 Å². The summed E-state index contributed by atoms with van der Waals surface area (Å²) in [5.41, 5.74) is 0. The highest BCUT2D eigenvalue weighted by molar-refractivity contribution is 5.75. The van der Waals surface area contributed by atoms with Gasteiger partial charge in [0, 0.05) is 19.0 Å². The zero-order valence-corrected chi connectivity index (χ0v) is 22.8. The molecule has 1 amide bonds. The lowest BCUT2D eigenvalue weighted by atomic mass is 9.97.